The normalized spacial score (nSPS) is 11.5. The molecule has 2 heterocycles. The third-order valence-corrected chi connectivity index (χ3v) is 5.58. The van der Waals surface area contributed by atoms with Crippen molar-refractivity contribution in [2.24, 2.45) is 0 Å². The number of benzene rings is 1. The Balaban J connectivity index is 1.63. The van der Waals surface area contributed by atoms with E-state index < -0.39 is 10.0 Å². The van der Waals surface area contributed by atoms with Gasteiger partial charge in [0.15, 0.2) is 0 Å². The van der Waals surface area contributed by atoms with E-state index in [9.17, 15) is 8.42 Å². The van der Waals surface area contributed by atoms with Crippen molar-refractivity contribution in [2.75, 3.05) is 0 Å². The molecule has 124 valence electrons. The summed E-state index contributed by atoms with van der Waals surface area (Å²) in [5.74, 6) is -0.0336. The van der Waals surface area contributed by atoms with Crippen molar-refractivity contribution < 1.29 is 8.42 Å². The first kappa shape index (κ1) is 16.8. The molecule has 24 heavy (non-hydrogen) atoms. The Morgan fingerprint density at radius 1 is 1.17 bits per heavy atom. The summed E-state index contributed by atoms with van der Waals surface area (Å²) in [6.07, 6.45) is 3.44. The number of hydrogen-bond acceptors (Lipinski definition) is 5. The van der Waals surface area contributed by atoms with Crippen molar-refractivity contribution in [2.45, 2.75) is 19.2 Å². The van der Waals surface area contributed by atoms with Crippen molar-refractivity contribution in [3.8, 4) is 11.3 Å². The highest BCUT2D eigenvalue weighted by molar-refractivity contribution is 7.88. The van der Waals surface area contributed by atoms with Crippen LogP contribution in [0.2, 0.25) is 0 Å². The van der Waals surface area contributed by atoms with Crippen LogP contribution in [0.3, 0.4) is 0 Å². The quantitative estimate of drug-likeness (QED) is 0.734. The van der Waals surface area contributed by atoms with Crippen LogP contribution >= 0.6 is 11.3 Å². The maximum atomic E-state index is 12.2. The third-order valence-electron chi connectivity index (χ3n) is 3.43. The van der Waals surface area contributed by atoms with Crippen LogP contribution in [0, 0.1) is 6.92 Å². The first-order chi connectivity index (χ1) is 11.5. The van der Waals surface area contributed by atoms with Crippen LogP contribution < -0.4 is 4.72 Å². The topological polar surface area (TPSA) is 72.0 Å². The molecule has 3 aromatic rings. The molecule has 2 aromatic heterocycles. The van der Waals surface area contributed by atoms with Crippen LogP contribution in [0.15, 0.2) is 54.2 Å². The number of aryl methyl sites for hydroxylation is 1. The second kappa shape index (κ2) is 7.21. The molecule has 0 amide bonds. The van der Waals surface area contributed by atoms with Crippen molar-refractivity contribution in [3.05, 3.63) is 70.3 Å². The number of sulfonamides is 1. The molecule has 0 saturated carbocycles. The first-order valence-corrected chi connectivity index (χ1v) is 9.93. The van der Waals surface area contributed by atoms with Crippen LogP contribution in [0.5, 0.6) is 0 Å². The van der Waals surface area contributed by atoms with Gasteiger partial charge in [0.1, 0.15) is 5.01 Å². The third kappa shape index (κ3) is 4.47. The van der Waals surface area contributed by atoms with E-state index in [0.29, 0.717) is 0 Å². The van der Waals surface area contributed by atoms with Gasteiger partial charge in [0.05, 0.1) is 18.0 Å². The van der Waals surface area contributed by atoms with Gasteiger partial charge in [0.25, 0.3) is 0 Å². The van der Waals surface area contributed by atoms with Crippen molar-refractivity contribution in [1.82, 2.24) is 14.7 Å². The highest BCUT2D eigenvalue weighted by atomic mass is 32.2. The lowest BCUT2D eigenvalue weighted by molar-refractivity contribution is 0.580. The molecule has 0 aliphatic rings. The Morgan fingerprint density at radius 2 is 1.96 bits per heavy atom. The van der Waals surface area contributed by atoms with Crippen LogP contribution in [-0.2, 0) is 22.3 Å². The summed E-state index contributed by atoms with van der Waals surface area (Å²) in [6.45, 7) is 2.16. The summed E-state index contributed by atoms with van der Waals surface area (Å²) >= 11 is 1.43. The molecule has 1 N–H and O–H groups in total. The van der Waals surface area contributed by atoms with Gasteiger partial charge in [0.2, 0.25) is 10.0 Å². The summed E-state index contributed by atoms with van der Waals surface area (Å²) in [5, 5.41) is 2.63. The lowest BCUT2D eigenvalue weighted by Crippen LogP contribution is -2.24. The molecule has 7 heteroatoms. The van der Waals surface area contributed by atoms with Gasteiger partial charge in [-0.2, -0.15) is 0 Å². The zero-order chi connectivity index (χ0) is 17.0. The molecule has 0 radical (unpaired) electrons. The van der Waals surface area contributed by atoms with Gasteiger partial charge >= 0.3 is 0 Å². The fraction of sp³-hybridized carbons (Fsp3) is 0.176. The van der Waals surface area contributed by atoms with Crippen LogP contribution in [0.25, 0.3) is 11.3 Å². The Morgan fingerprint density at radius 3 is 2.67 bits per heavy atom. The van der Waals surface area contributed by atoms with Gasteiger partial charge in [0, 0.05) is 23.3 Å². The molecule has 0 unspecified atom stereocenters. The van der Waals surface area contributed by atoms with E-state index in [4.69, 9.17) is 0 Å². The minimum atomic E-state index is -3.40. The number of hydrogen-bond donors (Lipinski definition) is 1. The van der Waals surface area contributed by atoms with Gasteiger partial charge < -0.3 is 0 Å². The second-order valence-corrected chi connectivity index (χ2v) is 8.18. The zero-order valence-corrected chi connectivity index (χ0v) is 14.8. The second-order valence-electron chi connectivity index (χ2n) is 5.43. The number of thiazole rings is 1. The Bertz CT molecular complexity index is 905. The van der Waals surface area contributed by atoms with Gasteiger partial charge in [-0.15, -0.1) is 11.3 Å². The van der Waals surface area contributed by atoms with Crippen LogP contribution in [-0.4, -0.2) is 18.4 Å². The summed E-state index contributed by atoms with van der Waals surface area (Å²) < 4.78 is 27.0. The van der Waals surface area contributed by atoms with E-state index >= 15 is 0 Å². The number of rotatable bonds is 6. The van der Waals surface area contributed by atoms with Gasteiger partial charge in [-0.25, -0.2) is 18.1 Å². The Kier molecular flexibility index (Phi) is 5.03. The standard InChI is InChI=1S/C17H17N3O2S2/c1-13-4-6-14(7-5-13)12-24(21,22)19-10-17-20-16(11-23-17)15-3-2-8-18-9-15/h2-9,11,19H,10,12H2,1H3. The van der Waals surface area contributed by atoms with Crippen molar-refractivity contribution in [1.29, 1.82) is 0 Å². The van der Waals surface area contributed by atoms with E-state index in [2.05, 4.69) is 14.7 Å². The molecule has 0 saturated heterocycles. The predicted octanol–water partition coefficient (Wildman–Crippen LogP) is 3.13. The molecular formula is C17H17N3O2S2. The number of nitrogens with zero attached hydrogens (tertiary/aromatic N) is 2. The molecular weight excluding hydrogens is 342 g/mol. The lowest BCUT2D eigenvalue weighted by atomic mass is 10.2. The molecule has 0 bridgehead atoms. The summed E-state index contributed by atoms with van der Waals surface area (Å²) in [4.78, 5) is 8.52. The lowest BCUT2D eigenvalue weighted by Gasteiger charge is -2.05. The fourth-order valence-electron chi connectivity index (χ4n) is 2.17. The number of aromatic nitrogens is 2. The summed E-state index contributed by atoms with van der Waals surface area (Å²) in [5.41, 5.74) is 3.60. The largest absolute Gasteiger partial charge is 0.264 e. The minimum absolute atomic E-state index is 0.0336. The smallest absolute Gasteiger partial charge is 0.216 e. The fourth-order valence-corrected chi connectivity index (χ4v) is 4.09. The molecule has 1 aromatic carbocycles. The highest BCUT2D eigenvalue weighted by Gasteiger charge is 2.13. The summed E-state index contributed by atoms with van der Waals surface area (Å²) in [6, 6.07) is 11.3. The average molecular weight is 359 g/mol. The molecule has 5 nitrogen and oxygen atoms in total. The maximum absolute atomic E-state index is 12.2. The van der Waals surface area contributed by atoms with E-state index in [1.54, 1.807) is 12.4 Å². The molecule has 0 aliphatic carbocycles. The molecule has 3 rings (SSSR count). The van der Waals surface area contributed by atoms with E-state index in [-0.39, 0.29) is 12.3 Å². The molecule has 0 fully saturated rings. The molecule has 0 spiro atoms. The Hall–Kier alpha value is -2.09. The summed E-state index contributed by atoms with van der Waals surface area (Å²) in [7, 11) is -3.40. The average Bonchev–Trinajstić information content (AvgIpc) is 3.05. The zero-order valence-electron chi connectivity index (χ0n) is 13.1. The van der Waals surface area contributed by atoms with Gasteiger partial charge in [-0.3, -0.25) is 4.98 Å². The number of pyridine rings is 1. The van der Waals surface area contributed by atoms with Gasteiger partial charge in [-0.05, 0) is 24.6 Å². The SMILES string of the molecule is Cc1ccc(CS(=O)(=O)NCc2nc(-c3cccnc3)cs2)cc1. The number of nitrogens with one attached hydrogen (secondary N) is 1. The molecule has 0 aliphatic heterocycles. The minimum Gasteiger partial charge on any atom is -0.264 e. The monoisotopic (exact) mass is 359 g/mol. The van der Waals surface area contributed by atoms with E-state index in [1.165, 1.54) is 11.3 Å². The van der Waals surface area contributed by atoms with Crippen molar-refractivity contribution >= 4 is 21.4 Å². The highest BCUT2D eigenvalue weighted by Crippen LogP contribution is 2.21. The predicted molar refractivity (Wildman–Crippen MR) is 96.0 cm³/mol. The maximum Gasteiger partial charge on any atom is 0.216 e. The first-order valence-electron chi connectivity index (χ1n) is 7.39. The molecule has 0 atom stereocenters. The van der Waals surface area contributed by atoms with E-state index in [0.717, 1.165) is 27.4 Å². The van der Waals surface area contributed by atoms with E-state index in [1.807, 2.05) is 48.7 Å². The Labute approximate surface area is 145 Å². The van der Waals surface area contributed by atoms with Crippen molar-refractivity contribution in [3.63, 3.8) is 0 Å². The van der Waals surface area contributed by atoms with Gasteiger partial charge in [-0.1, -0.05) is 29.8 Å². The van der Waals surface area contributed by atoms with Crippen LogP contribution in [0.1, 0.15) is 16.1 Å². The van der Waals surface area contributed by atoms with Crippen LogP contribution in [0.4, 0.5) is 0 Å².